The Balaban J connectivity index is 2.11. The fourth-order valence-electron chi connectivity index (χ4n) is 3.51. The van der Waals surface area contributed by atoms with Gasteiger partial charge >= 0.3 is 11.9 Å². The van der Waals surface area contributed by atoms with Crippen LogP contribution in [0.25, 0.3) is 0 Å². The molecule has 32 heavy (non-hydrogen) atoms. The van der Waals surface area contributed by atoms with E-state index in [1.54, 1.807) is 44.4 Å². The molecule has 1 fully saturated rings. The summed E-state index contributed by atoms with van der Waals surface area (Å²) in [5.41, 5.74) is 0.499. The maximum atomic E-state index is 13.3. The highest BCUT2D eigenvalue weighted by atomic mass is 32.2. The second-order valence-electron chi connectivity index (χ2n) is 8.99. The van der Waals surface area contributed by atoms with Crippen molar-refractivity contribution in [1.82, 2.24) is 10.2 Å². The summed E-state index contributed by atoms with van der Waals surface area (Å²) >= 11 is 1.63. The van der Waals surface area contributed by atoms with Crippen molar-refractivity contribution in [2.75, 3.05) is 24.7 Å². The van der Waals surface area contributed by atoms with Crippen molar-refractivity contribution in [3.05, 3.63) is 35.9 Å². The van der Waals surface area contributed by atoms with Gasteiger partial charge in [-0.3, -0.25) is 19.7 Å². The predicted octanol–water partition coefficient (Wildman–Crippen LogP) is 2.81. The van der Waals surface area contributed by atoms with Crippen LogP contribution in [-0.4, -0.2) is 71.1 Å². The highest BCUT2D eigenvalue weighted by molar-refractivity contribution is 7.99. The topological polar surface area (TPSA) is 84.9 Å². The van der Waals surface area contributed by atoms with Gasteiger partial charge in [0.05, 0.1) is 12.6 Å². The Hall–Kier alpha value is -2.06. The van der Waals surface area contributed by atoms with Crippen LogP contribution in [0.1, 0.15) is 46.6 Å². The molecule has 2 rings (SSSR count). The first-order valence-corrected chi connectivity index (χ1v) is 12.3. The quantitative estimate of drug-likeness (QED) is 0.563. The van der Waals surface area contributed by atoms with Crippen LogP contribution in [0.5, 0.6) is 0 Å². The number of nitrogens with zero attached hydrogens (tertiary/aromatic N) is 1. The van der Waals surface area contributed by atoms with Crippen LogP contribution in [0, 0.1) is 0 Å². The van der Waals surface area contributed by atoms with E-state index in [-0.39, 0.29) is 31.1 Å². The van der Waals surface area contributed by atoms with E-state index in [9.17, 15) is 14.4 Å². The van der Waals surface area contributed by atoms with Crippen molar-refractivity contribution in [3.63, 3.8) is 0 Å². The lowest BCUT2D eigenvalue weighted by molar-refractivity contribution is -0.160. The molecule has 1 aromatic carbocycles. The zero-order valence-electron chi connectivity index (χ0n) is 19.8. The number of hydrogen-bond donors (Lipinski definition) is 1. The number of amides is 1. The molecule has 7 nitrogen and oxygen atoms in total. The molecule has 0 aromatic heterocycles. The molecule has 178 valence electrons. The average Bonchev–Trinajstić information content (AvgIpc) is 2.84. The second-order valence-corrected chi connectivity index (χ2v) is 10.1. The van der Waals surface area contributed by atoms with E-state index in [2.05, 4.69) is 5.32 Å². The van der Waals surface area contributed by atoms with Gasteiger partial charge in [0.15, 0.2) is 0 Å². The molecule has 1 aromatic rings. The molecule has 1 aliphatic rings. The normalized spacial score (nSPS) is 20.4. The summed E-state index contributed by atoms with van der Waals surface area (Å²) in [6.07, 6.45) is 1.20. The molecular formula is C24H36N2O5S. The van der Waals surface area contributed by atoms with Crippen molar-refractivity contribution in [2.24, 2.45) is 0 Å². The SMILES string of the molecule is CCOC(=O)C(CCc1ccccc1)NC1CSCC(C)N(CC(=O)OC(C)(C)C)C1=O. The van der Waals surface area contributed by atoms with Crippen molar-refractivity contribution in [2.45, 2.75) is 71.2 Å². The Morgan fingerprint density at radius 3 is 2.53 bits per heavy atom. The maximum Gasteiger partial charge on any atom is 0.326 e. The second kappa shape index (κ2) is 12.3. The molecule has 3 atom stereocenters. The molecule has 1 amide bonds. The van der Waals surface area contributed by atoms with Crippen LogP contribution in [0.2, 0.25) is 0 Å². The van der Waals surface area contributed by atoms with Crippen LogP contribution in [-0.2, 0) is 30.3 Å². The van der Waals surface area contributed by atoms with Gasteiger partial charge in [0.1, 0.15) is 18.2 Å². The van der Waals surface area contributed by atoms with E-state index in [0.29, 0.717) is 24.3 Å². The van der Waals surface area contributed by atoms with Gasteiger partial charge in [0.25, 0.3) is 0 Å². The maximum absolute atomic E-state index is 13.3. The smallest absolute Gasteiger partial charge is 0.326 e. The van der Waals surface area contributed by atoms with Crippen molar-refractivity contribution < 1.29 is 23.9 Å². The fourth-order valence-corrected chi connectivity index (χ4v) is 4.64. The number of carbonyl (C=O) groups excluding carboxylic acids is 3. The summed E-state index contributed by atoms with van der Waals surface area (Å²) < 4.78 is 10.7. The van der Waals surface area contributed by atoms with E-state index >= 15 is 0 Å². The number of rotatable bonds is 9. The third-order valence-corrected chi connectivity index (χ3v) is 6.30. The third-order valence-electron chi connectivity index (χ3n) is 5.01. The molecule has 1 N–H and O–H groups in total. The highest BCUT2D eigenvalue weighted by Crippen LogP contribution is 2.20. The lowest BCUT2D eigenvalue weighted by atomic mass is 10.0. The standard InChI is InChI=1S/C24H36N2O5S/c1-6-30-23(29)19(13-12-18-10-8-7-9-11-18)25-20-16-32-15-17(2)26(22(20)28)14-21(27)31-24(3,4)5/h7-11,17,19-20,25H,6,12-16H2,1-5H3. The van der Waals surface area contributed by atoms with Gasteiger partial charge in [-0.25, -0.2) is 0 Å². The number of thioether (sulfide) groups is 1. The van der Waals surface area contributed by atoms with Crippen molar-refractivity contribution in [1.29, 1.82) is 0 Å². The fraction of sp³-hybridized carbons (Fsp3) is 0.625. The zero-order valence-corrected chi connectivity index (χ0v) is 20.6. The number of benzene rings is 1. The molecule has 0 spiro atoms. The number of ether oxygens (including phenoxy) is 2. The van der Waals surface area contributed by atoms with Crippen molar-refractivity contribution in [3.8, 4) is 0 Å². The van der Waals surface area contributed by atoms with Crippen LogP contribution in [0.4, 0.5) is 0 Å². The number of carbonyl (C=O) groups is 3. The van der Waals surface area contributed by atoms with Crippen LogP contribution >= 0.6 is 11.8 Å². The average molecular weight is 465 g/mol. The zero-order chi connectivity index (χ0) is 23.7. The molecule has 1 aliphatic heterocycles. The van der Waals surface area contributed by atoms with Crippen LogP contribution in [0.3, 0.4) is 0 Å². The molecule has 0 aliphatic carbocycles. The molecule has 0 bridgehead atoms. The third kappa shape index (κ3) is 8.47. The molecule has 1 heterocycles. The first-order valence-electron chi connectivity index (χ1n) is 11.2. The monoisotopic (exact) mass is 464 g/mol. The van der Waals surface area contributed by atoms with Gasteiger partial charge in [-0.05, 0) is 53.0 Å². The van der Waals surface area contributed by atoms with Gasteiger partial charge in [-0.1, -0.05) is 30.3 Å². The molecular weight excluding hydrogens is 428 g/mol. The summed E-state index contributed by atoms with van der Waals surface area (Å²) in [5.74, 6) is 0.240. The van der Waals surface area contributed by atoms with Gasteiger partial charge in [0.2, 0.25) is 5.91 Å². The lowest BCUT2D eigenvalue weighted by Gasteiger charge is -2.31. The number of nitrogens with one attached hydrogen (secondary N) is 1. The minimum atomic E-state index is -0.617. The number of hydrogen-bond acceptors (Lipinski definition) is 7. The lowest BCUT2D eigenvalue weighted by Crippen LogP contribution is -2.55. The Morgan fingerprint density at radius 1 is 1.22 bits per heavy atom. The first-order chi connectivity index (χ1) is 15.1. The summed E-state index contributed by atoms with van der Waals surface area (Å²) in [6.45, 7) is 9.26. The van der Waals surface area contributed by atoms with E-state index in [0.717, 1.165) is 5.56 Å². The minimum Gasteiger partial charge on any atom is -0.465 e. The van der Waals surface area contributed by atoms with Crippen LogP contribution in [0.15, 0.2) is 30.3 Å². The van der Waals surface area contributed by atoms with E-state index in [1.165, 1.54) is 0 Å². The Kier molecular flexibility index (Phi) is 10.0. The summed E-state index contributed by atoms with van der Waals surface area (Å²) in [4.78, 5) is 39.9. The summed E-state index contributed by atoms with van der Waals surface area (Å²) in [5, 5.41) is 3.23. The van der Waals surface area contributed by atoms with Crippen molar-refractivity contribution >= 4 is 29.6 Å². The molecule has 3 unspecified atom stereocenters. The van der Waals surface area contributed by atoms with Gasteiger partial charge in [-0.15, -0.1) is 0 Å². The van der Waals surface area contributed by atoms with E-state index in [4.69, 9.17) is 9.47 Å². The van der Waals surface area contributed by atoms with E-state index < -0.39 is 23.7 Å². The summed E-state index contributed by atoms with van der Waals surface area (Å²) in [7, 11) is 0. The predicted molar refractivity (Wildman–Crippen MR) is 126 cm³/mol. The molecule has 8 heteroatoms. The molecule has 0 radical (unpaired) electrons. The first kappa shape index (κ1) is 26.2. The number of aryl methyl sites for hydroxylation is 1. The Bertz CT molecular complexity index is 765. The highest BCUT2D eigenvalue weighted by Gasteiger charge is 2.36. The summed E-state index contributed by atoms with van der Waals surface area (Å²) in [6, 6.07) is 8.59. The molecule has 1 saturated heterocycles. The van der Waals surface area contributed by atoms with Gasteiger partial charge in [-0.2, -0.15) is 11.8 Å². The van der Waals surface area contributed by atoms with Gasteiger partial charge in [0, 0.05) is 17.5 Å². The minimum absolute atomic E-state index is 0.107. The molecule has 0 saturated carbocycles. The Labute approximate surface area is 195 Å². The Morgan fingerprint density at radius 2 is 1.91 bits per heavy atom. The van der Waals surface area contributed by atoms with Crippen LogP contribution < -0.4 is 5.32 Å². The largest absolute Gasteiger partial charge is 0.465 e. The number of esters is 2. The van der Waals surface area contributed by atoms with Gasteiger partial charge < -0.3 is 14.4 Å². The van der Waals surface area contributed by atoms with E-state index in [1.807, 2.05) is 37.3 Å².